The highest BCUT2D eigenvalue weighted by Gasteiger charge is 2.18. The first-order valence-corrected chi connectivity index (χ1v) is 14.9. The molecule has 1 saturated heterocycles. The van der Waals surface area contributed by atoms with Gasteiger partial charge < -0.3 is 20.9 Å². The van der Waals surface area contributed by atoms with E-state index >= 15 is 0 Å². The van der Waals surface area contributed by atoms with Gasteiger partial charge in [0.2, 0.25) is 0 Å². The molecule has 41 heavy (non-hydrogen) atoms. The lowest BCUT2D eigenvalue weighted by atomic mass is 10.1. The first kappa shape index (κ1) is 28.7. The molecule has 0 bridgehead atoms. The van der Waals surface area contributed by atoms with Crippen molar-refractivity contribution in [3.63, 3.8) is 0 Å². The van der Waals surface area contributed by atoms with Gasteiger partial charge in [0.1, 0.15) is 18.2 Å². The summed E-state index contributed by atoms with van der Waals surface area (Å²) in [6.07, 6.45) is 0.505. The molecule has 0 unspecified atom stereocenters. The maximum atomic E-state index is 6.36. The van der Waals surface area contributed by atoms with Gasteiger partial charge in [0.05, 0.1) is 7.11 Å². The van der Waals surface area contributed by atoms with Crippen molar-refractivity contribution in [1.29, 1.82) is 0 Å². The number of thioether (sulfide) groups is 1. The summed E-state index contributed by atoms with van der Waals surface area (Å²) < 4.78 is 11.6. The van der Waals surface area contributed by atoms with Crippen LogP contribution in [0, 0.1) is 0 Å². The molecule has 2 heterocycles. The van der Waals surface area contributed by atoms with Crippen molar-refractivity contribution in [3.8, 4) is 11.5 Å². The third-order valence-corrected chi connectivity index (χ3v) is 8.08. The largest absolute Gasteiger partial charge is 0.493 e. The molecule has 1 fully saturated rings. The third-order valence-electron chi connectivity index (χ3n) is 7.25. The van der Waals surface area contributed by atoms with Crippen LogP contribution in [0.3, 0.4) is 0 Å². The fourth-order valence-electron chi connectivity index (χ4n) is 4.90. The van der Waals surface area contributed by atoms with Crippen LogP contribution in [0.5, 0.6) is 11.5 Å². The Hall–Kier alpha value is -3.79. The lowest BCUT2D eigenvalue weighted by molar-refractivity contribution is 0.133. The molecular formula is C32H38N6O2S. The van der Waals surface area contributed by atoms with Gasteiger partial charge in [-0.25, -0.2) is 9.97 Å². The van der Waals surface area contributed by atoms with Gasteiger partial charge in [-0.05, 0) is 28.8 Å². The molecule has 0 spiro atoms. The van der Waals surface area contributed by atoms with Crippen molar-refractivity contribution in [2.75, 3.05) is 57.1 Å². The van der Waals surface area contributed by atoms with E-state index in [1.807, 2.05) is 48.5 Å². The van der Waals surface area contributed by atoms with Gasteiger partial charge >= 0.3 is 0 Å². The second-order valence-electron chi connectivity index (χ2n) is 10.1. The van der Waals surface area contributed by atoms with Crippen LogP contribution in [-0.2, 0) is 19.6 Å². The van der Waals surface area contributed by atoms with Crippen LogP contribution in [0.15, 0.2) is 84.0 Å². The van der Waals surface area contributed by atoms with Crippen LogP contribution in [-0.4, -0.2) is 65.4 Å². The van der Waals surface area contributed by atoms with Gasteiger partial charge in [-0.15, -0.1) is 0 Å². The molecule has 9 heteroatoms. The summed E-state index contributed by atoms with van der Waals surface area (Å²) in [6, 6.07) is 26.6. The normalized spacial score (nSPS) is 14.2. The Kier molecular flexibility index (Phi) is 9.96. The molecule has 214 valence electrons. The van der Waals surface area contributed by atoms with E-state index in [9.17, 15) is 0 Å². The minimum absolute atomic E-state index is 0.415. The first-order chi connectivity index (χ1) is 20.1. The van der Waals surface area contributed by atoms with E-state index < -0.39 is 0 Å². The van der Waals surface area contributed by atoms with E-state index in [-0.39, 0.29) is 0 Å². The highest BCUT2D eigenvalue weighted by Crippen LogP contribution is 2.31. The summed E-state index contributed by atoms with van der Waals surface area (Å²) in [4.78, 5) is 14.1. The number of nitrogens with two attached hydrogens (primary N) is 2. The quantitative estimate of drug-likeness (QED) is 0.185. The topological polar surface area (TPSA) is 103 Å². The van der Waals surface area contributed by atoms with Gasteiger partial charge in [-0.3, -0.25) is 9.80 Å². The minimum Gasteiger partial charge on any atom is -0.493 e. The second-order valence-corrected chi connectivity index (χ2v) is 11.2. The molecule has 0 radical (unpaired) electrons. The van der Waals surface area contributed by atoms with Crippen molar-refractivity contribution < 1.29 is 9.47 Å². The molecule has 0 atom stereocenters. The minimum atomic E-state index is 0.415. The zero-order valence-electron chi connectivity index (χ0n) is 23.5. The Balaban J connectivity index is 1.11. The molecule has 3 aromatic carbocycles. The molecular weight excluding hydrogens is 532 g/mol. The van der Waals surface area contributed by atoms with Gasteiger partial charge in [-0.1, -0.05) is 78.5 Å². The zero-order valence-corrected chi connectivity index (χ0v) is 24.4. The molecule has 1 aliphatic heterocycles. The Labute approximate surface area is 246 Å². The lowest BCUT2D eigenvalue weighted by Gasteiger charge is -2.34. The van der Waals surface area contributed by atoms with Crippen molar-refractivity contribution in [2.45, 2.75) is 24.7 Å². The lowest BCUT2D eigenvalue weighted by Crippen LogP contribution is -2.46. The average Bonchev–Trinajstić information content (AvgIpc) is 3.00. The van der Waals surface area contributed by atoms with Gasteiger partial charge in [0.15, 0.2) is 16.7 Å². The van der Waals surface area contributed by atoms with E-state index in [0.717, 1.165) is 61.7 Å². The van der Waals surface area contributed by atoms with Crippen LogP contribution in [0.2, 0.25) is 0 Å². The number of piperazine rings is 1. The zero-order chi connectivity index (χ0) is 28.4. The Bertz CT molecular complexity index is 1380. The predicted octanol–water partition coefficient (Wildman–Crippen LogP) is 4.73. The molecule has 4 N–H and O–H groups in total. The summed E-state index contributed by atoms with van der Waals surface area (Å²) in [5.74, 6) is 3.06. The summed E-state index contributed by atoms with van der Waals surface area (Å²) in [7, 11) is 1.64. The highest BCUT2D eigenvalue weighted by atomic mass is 32.2. The first-order valence-electron chi connectivity index (χ1n) is 13.9. The average molecular weight is 571 g/mol. The number of aromatic nitrogens is 2. The molecule has 0 saturated carbocycles. The van der Waals surface area contributed by atoms with E-state index in [0.29, 0.717) is 41.3 Å². The third kappa shape index (κ3) is 8.13. The number of hydrogen-bond donors (Lipinski definition) is 2. The van der Waals surface area contributed by atoms with Crippen molar-refractivity contribution >= 4 is 23.4 Å². The standard InChI is InChI=1S/C32H38N6O2S/c1-39-29-21-26(12-13-28(29)40-23-25-10-6-3-7-11-25)20-27-30(33)35-32(36-31(27)34)41-19-18-37-14-16-38(17-15-37)22-24-8-4-2-5-9-24/h2-13,21H,14-20,22-23H2,1H3,(H4,33,34,35,36). The summed E-state index contributed by atoms with van der Waals surface area (Å²) in [5, 5.41) is 0.619. The van der Waals surface area contributed by atoms with Crippen LogP contribution in [0.25, 0.3) is 0 Å². The van der Waals surface area contributed by atoms with Crippen LogP contribution < -0.4 is 20.9 Å². The number of anilines is 2. The van der Waals surface area contributed by atoms with Crippen molar-refractivity contribution in [3.05, 3.63) is 101 Å². The maximum absolute atomic E-state index is 6.36. The fraction of sp³-hybridized carbons (Fsp3) is 0.312. The number of nitrogen functional groups attached to an aromatic ring is 2. The SMILES string of the molecule is COc1cc(Cc2c(N)nc(SCCN3CCN(Cc4ccccc4)CC3)nc2N)ccc1OCc1ccccc1. The van der Waals surface area contributed by atoms with Crippen LogP contribution >= 0.6 is 11.8 Å². The number of hydrogen-bond acceptors (Lipinski definition) is 9. The summed E-state index contributed by atoms with van der Waals surface area (Å²) >= 11 is 1.60. The Morgan fingerprint density at radius 2 is 1.39 bits per heavy atom. The Morgan fingerprint density at radius 3 is 2.05 bits per heavy atom. The fourth-order valence-corrected chi connectivity index (χ4v) is 5.76. The Morgan fingerprint density at radius 1 is 0.756 bits per heavy atom. The summed E-state index contributed by atoms with van der Waals surface area (Å²) in [6.45, 7) is 6.75. The van der Waals surface area contributed by atoms with Gasteiger partial charge in [0, 0.05) is 57.0 Å². The summed E-state index contributed by atoms with van der Waals surface area (Å²) in [5.41, 5.74) is 16.9. The molecule has 0 amide bonds. The van der Waals surface area contributed by atoms with Crippen LogP contribution in [0.4, 0.5) is 11.6 Å². The van der Waals surface area contributed by atoms with E-state index in [1.165, 1.54) is 5.56 Å². The van der Waals surface area contributed by atoms with Crippen molar-refractivity contribution in [1.82, 2.24) is 19.8 Å². The van der Waals surface area contributed by atoms with E-state index in [1.54, 1.807) is 18.9 Å². The number of methoxy groups -OCH3 is 1. The van der Waals surface area contributed by atoms with E-state index in [4.69, 9.17) is 20.9 Å². The monoisotopic (exact) mass is 570 g/mol. The van der Waals surface area contributed by atoms with Crippen LogP contribution in [0.1, 0.15) is 22.3 Å². The predicted molar refractivity (Wildman–Crippen MR) is 166 cm³/mol. The van der Waals surface area contributed by atoms with E-state index in [2.05, 4.69) is 50.1 Å². The molecule has 5 rings (SSSR count). The molecule has 1 aliphatic rings. The smallest absolute Gasteiger partial charge is 0.191 e. The number of benzene rings is 3. The number of ether oxygens (including phenoxy) is 2. The van der Waals surface area contributed by atoms with Gasteiger partial charge in [0.25, 0.3) is 0 Å². The highest BCUT2D eigenvalue weighted by molar-refractivity contribution is 7.99. The molecule has 4 aromatic rings. The molecule has 8 nitrogen and oxygen atoms in total. The second kappa shape index (κ2) is 14.2. The number of nitrogens with zero attached hydrogens (tertiary/aromatic N) is 4. The number of rotatable bonds is 12. The van der Waals surface area contributed by atoms with Crippen molar-refractivity contribution in [2.24, 2.45) is 0 Å². The molecule has 0 aliphatic carbocycles. The maximum Gasteiger partial charge on any atom is 0.191 e. The molecule has 1 aromatic heterocycles. The van der Waals surface area contributed by atoms with Gasteiger partial charge in [-0.2, -0.15) is 0 Å².